The van der Waals surface area contributed by atoms with Crippen LogP contribution in [0.5, 0.6) is 0 Å². The molecule has 0 aliphatic carbocycles. The van der Waals surface area contributed by atoms with Crippen LogP contribution in [0.4, 0.5) is 0 Å². The van der Waals surface area contributed by atoms with Crippen LogP contribution in [0.25, 0.3) is 0 Å². The summed E-state index contributed by atoms with van der Waals surface area (Å²) in [6, 6.07) is 6.23. The summed E-state index contributed by atoms with van der Waals surface area (Å²) >= 11 is 0. The largest absolute Gasteiger partial charge is 0.330 e. The van der Waals surface area contributed by atoms with E-state index in [4.69, 9.17) is 12.2 Å². The quantitative estimate of drug-likeness (QED) is 0.739. The number of sulfonamides is 1. The monoisotopic (exact) mass is 280 g/mol. The van der Waals surface area contributed by atoms with Crippen molar-refractivity contribution in [2.45, 2.75) is 37.1 Å². The highest BCUT2D eigenvalue weighted by atomic mass is 32.2. The first kappa shape index (κ1) is 15.7. The van der Waals surface area contributed by atoms with Gasteiger partial charge in [-0.05, 0) is 37.1 Å². The van der Waals surface area contributed by atoms with Gasteiger partial charge in [-0.25, -0.2) is 8.42 Å². The summed E-state index contributed by atoms with van der Waals surface area (Å²) in [5, 5.41) is 0. The van der Waals surface area contributed by atoms with Gasteiger partial charge in [-0.3, -0.25) is 0 Å². The van der Waals surface area contributed by atoms with E-state index in [1.54, 1.807) is 24.3 Å². The van der Waals surface area contributed by atoms with Crippen LogP contribution < -0.4 is 10.5 Å². The van der Waals surface area contributed by atoms with Crippen molar-refractivity contribution in [1.29, 1.82) is 0 Å². The fourth-order valence-corrected chi connectivity index (χ4v) is 2.91. The molecule has 1 aromatic carbocycles. The lowest BCUT2D eigenvalue weighted by atomic mass is 10.2. The van der Waals surface area contributed by atoms with Crippen molar-refractivity contribution in [2.24, 2.45) is 5.73 Å². The van der Waals surface area contributed by atoms with Crippen LogP contribution in [-0.4, -0.2) is 21.0 Å². The summed E-state index contributed by atoms with van der Waals surface area (Å²) in [6.07, 6.45) is 7.50. The van der Waals surface area contributed by atoms with Crippen molar-refractivity contribution in [3.05, 3.63) is 29.8 Å². The van der Waals surface area contributed by atoms with E-state index in [2.05, 4.69) is 10.6 Å². The van der Waals surface area contributed by atoms with Crippen LogP contribution in [0.3, 0.4) is 0 Å². The molecule has 0 amide bonds. The van der Waals surface area contributed by atoms with E-state index >= 15 is 0 Å². The predicted molar refractivity (Wildman–Crippen MR) is 77.1 cm³/mol. The molecule has 0 aromatic heterocycles. The molecular weight excluding hydrogens is 260 g/mol. The van der Waals surface area contributed by atoms with Gasteiger partial charge in [0.2, 0.25) is 10.0 Å². The molecule has 0 aliphatic heterocycles. The molecule has 1 atom stereocenters. The zero-order chi connectivity index (χ0) is 14.3. The van der Waals surface area contributed by atoms with E-state index in [0.29, 0.717) is 13.0 Å². The first-order valence-corrected chi connectivity index (χ1v) is 7.79. The third kappa shape index (κ3) is 4.67. The van der Waals surface area contributed by atoms with E-state index in [1.165, 1.54) is 0 Å². The van der Waals surface area contributed by atoms with Gasteiger partial charge in [0.05, 0.1) is 10.9 Å². The van der Waals surface area contributed by atoms with Gasteiger partial charge in [-0.2, -0.15) is 4.72 Å². The molecule has 1 aromatic rings. The molecule has 0 bridgehead atoms. The molecule has 0 fully saturated rings. The number of rotatable bonds is 7. The Bertz CT molecular complexity index is 530. The number of nitrogens with one attached hydrogen (secondary N) is 1. The molecule has 3 N–H and O–H groups in total. The summed E-state index contributed by atoms with van der Waals surface area (Å²) in [4.78, 5) is 0.227. The average Bonchev–Trinajstić information content (AvgIpc) is 2.39. The molecule has 5 heteroatoms. The fourth-order valence-electron chi connectivity index (χ4n) is 1.72. The highest BCUT2D eigenvalue weighted by Crippen LogP contribution is 2.12. The second-order valence-corrected chi connectivity index (χ2v) is 6.03. The standard InChI is InChI=1S/C14H20N2O2S/c1-3-5-13(4-2)16-19(17,18)14-8-6-12(7-9-14)10-11-15/h2,6-9,13,16H,3,5,10-11,15H2,1H3. The van der Waals surface area contributed by atoms with Crippen LogP contribution in [0.1, 0.15) is 25.3 Å². The first-order chi connectivity index (χ1) is 9.03. The van der Waals surface area contributed by atoms with E-state index in [-0.39, 0.29) is 4.90 Å². The van der Waals surface area contributed by atoms with E-state index in [9.17, 15) is 8.42 Å². The molecule has 19 heavy (non-hydrogen) atoms. The Balaban J connectivity index is 2.85. The van der Waals surface area contributed by atoms with Crippen molar-refractivity contribution in [3.8, 4) is 12.3 Å². The molecule has 104 valence electrons. The molecule has 1 unspecified atom stereocenters. The number of benzene rings is 1. The molecule has 0 saturated carbocycles. The van der Waals surface area contributed by atoms with Crippen LogP contribution in [0, 0.1) is 12.3 Å². The molecule has 0 saturated heterocycles. The van der Waals surface area contributed by atoms with Gasteiger partial charge >= 0.3 is 0 Å². The molecule has 0 spiro atoms. The van der Waals surface area contributed by atoms with E-state index in [1.807, 2.05) is 6.92 Å². The predicted octanol–water partition coefficient (Wildman–Crippen LogP) is 1.27. The molecule has 4 nitrogen and oxygen atoms in total. The van der Waals surface area contributed by atoms with Crippen molar-refractivity contribution in [2.75, 3.05) is 6.54 Å². The lowest BCUT2D eigenvalue weighted by Gasteiger charge is -2.12. The highest BCUT2D eigenvalue weighted by molar-refractivity contribution is 7.89. The zero-order valence-electron chi connectivity index (χ0n) is 11.1. The van der Waals surface area contributed by atoms with Gasteiger partial charge in [0.1, 0.15) is 0 Å². The molecule has 1 rings (SSSR count). The molecule has 0 heterocycles. The topological polar surface area (TPSA) is 72.2 Å². The molecular formula is C14H20N2O2S. The summed E-state index contributed by atoms with van der Waals surface area (Å²) in [5.74, 6) is 2.45. The van der Waals surface area contributed by atoms with E-state index < -0.39 is 16.1 Å². The number of hydrogen-bond acceptors (Lipinski definition) is 3. The van der Waals surface area contributed by atoms with Crippen LogP contribution in [-0.2, 0) is 16.4 Å². The van der Waals surface area contributed by atoms with Crippen LogP contribution in [0.2, 0.25) is 0 Å². The lowest BCUT2D eigenvalue weighted by Crippen LogP contribution is -2.33. The van der Waals surface area contributed by atoms with Gasteiger partial charge in [0.15, 0.2) is 0 Å². The molecule has 0 radical (unpaired) electrons. The maximum atomic E-state index is 12.1. The van der Waals surface area contributed by atoms with Gasteiger partial charge < -0.3 is 5.73 Å². The number of terminal acetylenes is 1. The second kappa shape index (κ2) is 7.29. The maximum absolute atomic E-state index is 12.1. The minimum atomic E-state index is -3.55. The van der Waals surface area contributed by atoms with Crippen molar-refractivity contribution in [3.63, 3.8) is 0 Å². The Morgan fingerprint density at radius 1 is 1.37 bits per heavy atom. The van der Waals surface area contributed by atoms with Crippen LogP contribution in [0.15, 0.2) is 29.2 Å². The number of hydrogen-bond donors (Lipinski definition) is 2. The summed E-state index contributed by atoms with van der Waals surface area (Å²) < 4.78 is 26.8. The Hall–Kier alpha value is -1.35. The van der Waals surface area contributed by atoms with Gasteiger partial charge in [0.25, 0.3) is 0 Å². The summed E-state index contributed by atoms with van der Waals surface area (Å²) in [6.45, 7) is 2.50. The smallest absolute Gasteiger partial charge is 0.241 e. The minimum Gasteiger partial charge on any atom is -0.330 e. The van der Waals surface area contributed by atoms with Crippen molar-refractivity contribution < 1.29 is 8.42 Å². The van der Waals surface area contributed by atoms with E-state index in [0.717, 1.165) is 18.4 Å². The summed E-state index contributed by atoms with van der Waals surface area (Å²) in [5.41, 5.74) is 6.47. The molecule has 0 aliphatic rings. The normalized spacial score (nSPS) is 12.9. The number of nitrogens with two attached hydrogens (primary N) is 1. The second-order valence-electron chi connectivity index (χ2n) is 4.31. The lowest BCUT2D eigenvalue weighted by molar-refractivity contribution is 0.564. The third-order valence-electron chi connectivity index (χ3n) is 2.74. The fraction of sp³-hybridized carbons (Fsp3) is 0.429. The Morgan fingerprint density at radius 3 is 2.47 bits per heavy atom. The third-order valence-corrected chi connectivity index (χ3v) is 4.23. The first-order valence-electron chi connectivity index (χ1n) is 6.31. The Labute approximate surface area is 115 Å². The average molecular weight is 280 g/mol. The van der Waals surface area contributed by atoms with Gasteiger partial charge in [-0.15, -0.1) is 6.42 Å². The minimum absolute atomic E-state index is 0.227. The van der Waals surface area contributed by atoms with Crippen LogP contribution >= 0.6 is 0 Å². The Morgan fingerprint density at radius 2 is 2.00 bits per heavy atom. The highest BCUT2D eigenvalue weighted by Gasteiger charge is 2.17. The van der Waals surface area contributed by atoms with Gasteiger partial charge in [-0.1, -0.05) is 31.4 Å². The van der Waals surface area contributed by atoms with Gasteiger partial charge in [0, 0.05) is 0 Å². The zero-order valence-corrected chi connectivity index (χ0v) is 11.9. The van der Waals surface area contributed by atoms with Crippen molar-refractivity contribution in [1.82, 2.24) is 4.72 Å². The van der Waals surface area contributed by atoms with Crippen molar-refractivity contribution >= 4 is 10.0 Å². The summed E-state index contributed by atoms with van der Waals surface area (Å²) in [7, 11) is -3.55. The maximum Gasteiger partial charge on any atom is 0.241 e. The SMILES string of the molecule is C#CC(CCC)NS(=O)(=O)c1ccc(CCN)cc1. The Kier molecular flexibility index (Phi) is 6.03.